The van der Waals surface area contributed by atoms with Gasteiger partial charge in [-0.25, -0.2) is 22.5 Å². The number of hydrogen-bond acceptors (Lipinski definition) is 6. The maximum Gasteiger partial charge on any atom is 0.242 e. The van der Waals surface area contributed by atoms with Crippen LogP contribution in [0.15, 0.2) is 78.0 Å². The van der Waals surface area contributed by atoms with Crippen LogP contribution < -0.4 is 4.72 Å². The monoisotopic (exact) mass is 492 g/mol. The number of aromatic hydroxyl groups is 1. The summed E-state index contributed by atoms with van der Waals surface area (Å²) in [5, 5.41) is 15.5. The maximum absolute atomic E-state index is 13.3. The molecule has 3 heterocycles. The molecular weight excluding hydrogens is 471 g/mol. The lowest BCUT2D eigenvalue weighted by Gasteiger charge is -2.07. The third-order valence-corrected chi connectivity index (χ3v) is 6.95. The standard InChI is InChI=1S/C24H21FN6O3S/c25-17-10-7-16(8-11-17)9-12-19-22(15-27-35(33,34)18-4-3-13-26-14-18)30-31(23(19)32)24-28-20-5-1-2-6-21(20)29-24/h1-8,10-11,13-14,27,32H,9,12,15H2,(H,28,29). The Kier molecular flexibility index (Phi) is 6.01. The lowest BCUT2D eigenvalue weighted by atomic mass is 10.0. The number of fused-ring (bicyclic) bond motifs is 1. The second kappa shape index (κ2) is 9.28. The molecule has 11 heteroatoms. The van der Waals surface area contributed by atoms with E-state index < -0.39 is 10.0 Å². The van der Waals surface area contributed by atoms with Crippen LogP contribution in [-0.4, -0.2) is 38.3 Å². The Morgan fingerprint density at radius 2 is 1.83 bits per heavy atom. The van der Waals surface area contributed by atoms with Crippen molar-refractivity contribution in [3.05, 3.63) is 95.7 Å². The molecule has 0 saturated heterocycles. The molecule has 0 amide bonds. The summed E-state index contributed by atoms with van der Waals surface area (Å²) in [6.45, 7) is -0.156. The van der Waals surface area contributed by atoms with Crippen molar-refractivity contribution in [1.29, 1.82) is 0 Å². The number of nitrogens with one attached hydrogen (secondary N) is 2. The Bertz CT molecular complexity index is 1550. The number of aromatic amines is 1. The molecule has 0 aliphatic heterocycles. The van der Waals surface area contributed by atoms with E-state index in [-0.39, 0.29) is 23.1 Å². The minimum Gasteiger partial charge on any atom is -0.493 e. The van der Waals surface area contributed by atoms with Crippen LogP contribution in [0.1, 0.15) is 16.8 Å². The van der Waals surface area contributed by atoms with E-state index in [2.05, 4.69) is 24.8 Å². The summed E-state index contributed by atoms with van der Waals surface area (Å²) in [7, 11) is -3.84. The molecule has 0 saturated carbocycles. The maximum atomic E-state index is 13.3. The Hall–Kier alpha value is -4.09. The highest BCUT2D eigenvalue weighted by atomic mass is 32.2. The van der Waals surface area contributed by atoms with E-state index in [4.69, 9.17) is 0 Å². The topological polar surface area (TPSA) is 126 Å². The van der Waals surface area contributed by atoms with E-state index >= 15 is 0 Å². The molecule has 3 N–H and O–H groups in total. The molecule has 5 aromatic rings. The third-order valence-electron chi connectivity index (χ3n) is 5.57. The predicted molar refractivity (Wildman–Crippen MR) is 127 cm³/mol. The van der Waals surface area contributed by atoms with Crippen molar-refractivity contribution in [2.45, 2.75) is 24.3 Å². The van der Waals surface area contributed by atoms with Crippen molar-refractivity contribution in [3.63, 3.8) is 0 Å². The number of aromatic nitrogens is 5. The molecule has 0 spiro atoms. The van der Waals surface area contributed by atoms with Gasteiger partial charge in [0.2, 0.25) is 21.9 Å². The van der Waals surface area contributed by atoms with Gasteiger partial charge in [0.05, 0.1) is 23.3 Å². The number of benzene rings is 2. The number of halogens is 1. The molecule has 0 radical (unpaired) electrons. The zero-order chi connectivity index (χ0) is 24.4. The molecule has 0 fully saturated rings. The number of rotatable bonds is 8. The fourth-order valence-electron chi connectivity index (χ4n) is 3.74. The van der Waals surface area contributed by atoms with Gasteiger partial charge in [0.15, 0.2) is 0 Å². The first-order valence-corrected chi connectivity index (χ1v) is 12.3. The van der Waals surface area contributed by atoms with Gasteiger partial charge in [-0.05, 0) is 54.8 Å². The van der Waals surface area contributed by atoms with Crippen molar-refractivity contribution in [3.8, 4) is 11.8 Å². The normalized spacial score (nSPS) is 11.8. The molecule has 0 atom stereocenters. The Balaban J connectivity index is 1.48. The molecule has 9 nitrogen and oxygen atoms in total. The highest BCUT2D eigenvalue weighted by Gasteiger charge is 2.22. The van der Waals surface area contributed by atoms with Crippen LogP contribution in [0.5, 0.6) is 5.88 Å². The third kappa shape index (κ3) is 4.77. The Morgan fingerprint density at radius 1 is 1.03 bits per heavy atom. The van der Waals surface area contributed by atoms with Crippen LogP contribution >= 0.6 is 0 Å². The van der Waals surface area contributed by atoms with Gasteiger partial charge in [-0.2, -0.15) is 9.78 Å². The van der Waals surface area contributed by atoms with E-state index in [9.17, 15) is 17.9 Å². The number of imidazole rings is 1. The summed E-state index contributed by atoms with van der Waals surface area (Å²) in [6, 6.07) is 16.4. The first-order valence-electron chi connectivity index (χ1n) is 10.8. The molecule has 5 rings (SSSR count). The first kappa shape index (κ1) is 22.7. The van der Waals surface area contributed by atoms with Gasteiger partial charge >= 0.3 is 0 Å². The average Bonchev–Trinajstić information content (AvgIpc) is 3.43. The zero-order valence-corrected chi connectivity index (χ0v) is 19.2. The van der Waals surface area contributed by atoms with Gasteiger partial charge < -0.3 is 10.1 Å². The van der Waals surface area contributed by atoms with Crippen LogP contribution in [0.25, 0.3) is 17.0 Å². The molecule has 0 bridgehead atoms. The smallest absolute Gasteiger partial charge is 0.242 e. The van der Waals surface area contributed by atoms with Crippen molar-refractivity contribution >= 4 is 21.1 Å². The molecule has 178 valence electrons. The number of sulfonamides is 1. The number of hydrogen-bond donors (Lipinski definition) is 3. The summed E-state index contributed by atoms with van der Waals surface area (Å²) >= 11 is 0. The molecule has 35 heavy (non-hydrogen) atoms. The number of H-pyrrole nitrogens is 1. The quantitative estimate of drug-likeness (QED) is 0.305. The number of para-hydroxylation sites is 2. The van der Waals surface area contributed by atoms with Crippen LogP contribution in [-0.2, 0) is 29.4 Å². The fraction of sp³-hybridized carbons (Fsp3) is 0.125. The van der Waals surface area contributed by atoms with Crippen molar-refractivity contribution < 1.29 is 17.9 Å². The largest absolute Gasteiger partial charge is 0.493 e. The number of pyridine rings is 1. The van der Waals surface area contributed by atoms with Gasteiger partial charge in [0, 0.05) is 18.0 Å². The van der Waals surface area contributed by atoms with E-state index in [1.165, 1.54) is 41.3 Å². The molecule has 0 aliphatic carbocycles. The Morgan fingerprint density at radius 3 is 2.57 bits per heavy atom. The van der Waals surface area contributed by atoms with Crippen molar-refractivity contribution in [2.24, 2.45) is 0 Å². The summed E-state index contributed by atoms with van der Waals surface area (Å²) in [6.07, 6.45) is 3.57. The van der Waals surface area contributed by atoms with Crippen LogP contribution in [0, 0.1) is 5.82 Å². The Labute approximate surface area is 200 Å². The van der Waals surface area contributed by atoms with Crippen molar-refractivity contribution in [1.82, 2.24) is 29.5 Å². The molecular formula is C24H21FN6O3S. The summed E-state index contributed by atoms with van der Waals surface area (Å²) in [5.74, 6) is -0.186. The fourth-order valence-corrected chi connectivity index (χ4v) is 4.69. The molecule has 0 unspecified atom stereocenters. The van der Waals surface area contributed by atoms with Crippen molar-refractivity contribution in [2.75, 3.05) is 0 Å². The van der Waals surface area contributed by atoms with E-state index in [0.29, 0.717) is 35.6 Å². The molecule has 0 aliphatic rings. The van der Waals surface area contributed by atoms with Crippen LogP contribution in [0.2, 0.25) is 0 Å². The lowest BCUT2D eigenvalue weighted by Crippen LogP contribution is -2.24. The predicted octanol–water partition coefficient (Wildman–Crippen LogP) is 3.25. The molecule has 3 aromatic heterocycles. The van der Waals surface area contributed by atoms with Gasteiger partial charge in [0.1, 0.15) is 10.7 Å². The minimum absolute atomic E-state index is 0.0220. The summed E-state index contributed by atoms with van der Waals surface area (Å²) < 4.78 is 42.5. The van der Waals surface area contributed by atoms with E-state index in [0.717, 1.165) is 11.1 Å². The number of nitrogens with zero attached hydrogens (tertiary/aromatic N) is 4. The van der Waals surface area contributed by atoms with Gasteiger partial charge in [-0.3, -0.25) is 4.98 Å². The first-order chi connectivity index (χ1) is 16.9. The number of aryl methyl sites for hydroxylation is 1. The molecule has 2 aromatic carbocycles. The van der Waals surface area contributed by atoms with Gasteiger partial charge in [0.25, 0.3) is 0 Å². The second-order valence-corrected chi connectivity index (χ2v) is 9.64. The van der Waals surface area contributed by atoms with E-state index in [1.54, 1.807) is 12.1 Å². The lowest BCUT2D eigenvalue weighted by molar-refractivity contribution is 0.425. The highest BCUT2D eigenvalue weighted by Crippen LogP contribution is 2.27. The zero-order valence-electron chi connectivity index (χ0n) is 18.4. The van der Waals surface area contributed by atoms with Crippen LogP contribution in [0.4, 0.5) is 4.39 Å². The summed E-state index contributed by atoms with van der Waals surface area (Å²) in [5.41, 5.74) is 3.14. The van der Waals surface area contributed by atoms with Crippen LogP contribution in [0.3, 0.4) is 0 Å². The van der Waals surface area contributed by atoms with E-state index in [1.807, 2.05) is 24.3 Å². The highest BCUT2D eigenvalue weighted by molar-refractivity contribution is 7.89. The van der Waals surface area contributed by atoms with Gasteiger partial charge in [-0.15, -0.1) is 0 Å². The second-order valence-electron chi connectivity index (χ2n) is 7.88. The summed E-state index contributed by atoms with van der Waals surface area (Å²) in [4.78, 5) is 11.5. The average molecular weight is 493 g/mol. The van der Waals surface area contributed by atoms with Gasteiger partial charge in [-0.1, -0.05) is 24.3 Å². The minimum atomic E-state index is -3.84. The SMILES string of the molecule is O=S(=O)(NCc1nn(-c2nc3ccccc3[nH]2)c(O)c1CCc1ccc(F)cc1)c1cccnc1.